The normalized spacial score (nSPS) is 11.1. The van der Waals surface area contributed by atoms with Gasteiger partial charge in [0.15, 0.2) is 0 Å². The van der Waals surface area contributed by atoms with Crippen molar-refractivity contribution in [2.45, 2.75) is 34.2 Å². The van der Waals surface area contributed by atoms with Crippen molar-refractivity contribution < 1.29 is 4.79 Å². The largest absolute Gasteiger partial charge is 0.342 e. The van der Waals surface area contributed by atoms with Crippen LogP contribution in [0.25, 0.3) is 15.9 Å². The van der Waals surface area contributed by atoms with E-state index in [9.17, 15) is 14.4 Å². The van der Waals surface area contributed by atoms with Gasteiger partial charge in [0.2, 0.25) is 5.91 Å². The lowest BCUT2D eigenvalue weighted by Gasteiger charge is -2.20. The zero-order valence-corrected chi connectivity index (χ0v) is 16.8. The van der Waals surface area contributed by atoms with E-state index in [0.717, 1.165) is 11.1 Å². The van der Waals surface area contributed by atoms with Crippen LogP contribution in [0, 0.1) is 13.8 Å². The number of aromatic nitrogens is 2. The van der Waals surface area contributed by atoms with Gasteiger partial charge in [0.25, 0.3) is 5.56 Å². The molecule has 2 aromatic heterocycles. The summed E-state index contributed by atoms with van der Waals surface area (Å²) in [7, 11) is 0. The van der Waals surface area contributed by atoms with Gasteiger partial charge < -0.3 is 4.90 Å². The molecule has 0 saturated heterocycles. The van der Waals surface area contributed by atoms with Crippen LogP contribution in [0.5, 0.6) is 0 Å². The fourth-order valence-corrected chi connectivity index (χ4v) is 4.18. The monoisotopic (exact) mass is 385 g/mol. The van der Waals surface area contributed by atoms with Gasteiger partial charge in [0.05, 0.1) is 11.2 Å². The van der Waals surface area contributed by atoms with Gasteiger partial charge >= 0.3 is 5.69 Å². The van der Waals surface area contributed by atoms with Gasteiger partial charge in [-0.15, -0.1) is 11.3 Å². The van der Waals surface area contributed by atoms with E-state index in [-0.39, 0.29) is 18.0 Å². The molecule has 0 bridgehead atoms. The maximum atomic E-state index is 13.2. The van der Waals surface area contributed by atoms with Crippen molar-refractivity contribution in [3.05, 3.63) is 61.6 Å². The molecule has 0 saturated carbocycles. The van der Waals surface area contributed by atoms with Crippen LogP contribution in [0.4, 0.5) is 0 Å². The molecule has 2 heterocycles. The minimum atomic E-state index is -0.489. The third kappa shape index (κ3) is 3.47. The first kappa shape index (κ1) is 19.1. The van der Waals surface area contributed by atoms with Crippen LogP contribution in [-0.2, 0) is 11.3 Å². The third-order valence-electron chi connectivity index (χ3n) is 4.63. The van der Waals surface area contributed by atoms with E-state index in [4.69, 9.17) is 0 Å². The quantitative estimate of drug-likeness (QED) is 0.678. The maximum Gasteiger partial charge on any atom is 0.336 e. The average Bonchev–Trinajstić information content (AvgIpc) is 3.09. The van der Waals surface area contributed by atoms with Crippen LogP contribution in [0.3, 0.4) is 0 Å². The molecule has 3 rings (SSSR count). The smallest absolute Gasteiger partial charge is 0.336 e. The average molecular weight is 385 g/mol. The number of carbonyl (C=O) groups excluding carboxylic acids is 1. The van der Waals surface area contributed by atoms with E-state index in [1.165, 1.54) is 20.5 Å². The van der Waals surface area contributed by atoms with Crippen molar-refractivity contribution in [2.24, 2.45) is 0 Å². The Kier molecular flexibility index (Phi) is 5.32. The van der Waals surface area contributed by atoms with Gasteiger partial charge in [-0.05, 0) is 62.4 Å². The van der Waals surface area contributed by atoms with Crippen LogP contribution < -0.4 is 11.2 Å². The fourth-order valence-electron chi connectivity index (χ4n) is 3.36. The zero-order valence-electron chi connectivity index (χ0n) is 16.0. The van der Waals surface area contributed by atoms with Crippen LogP contribution in [0.15, 0.2) is 39.2 Å². The van der Waals surface area contributed by atoms with Crippen molar-refractivity contribution in [3.8, 4) is 5.69 Å². The Morgan fingerprint density at radius 2 is 1.70 bits per heavy atom. The van der Waals surface area contributed by atoms with E-state index in [2.05, 4.69) is 0 Å². The second-order valence-corrected chi connectivity index (χ2v) is 7.47. The number of amides is 1. The first-order valence-electron chi connectivity index (χ1n) is 8.96. The molecule has 6 nitrogen and oxygen atoms in total. The number of hydrogen-bond acceptors (Lipinski definition) is 4. The molecule has 27 heavy (non-hydrogen) atoms. The highest BCUT2D eigenvalue weighted by Crippen LogP contribution is 2.17. The van der Waals surface area contributed by atoms with Crippen molar-refractivity contribution in [3.63, 3.8) is 0 Å². The SMILES string of the molecule is CCN(CC)C(=O)Cn1c(=O)n(-c2cc(C)cc(C)c2)c(=O)c2sccc21. The number of fused-ring (bicyclic) bond motifs is 1. The number of carbonyl (C=O) groups is 1. The summed E-state index contributed by atoms with van der Waals surface area (Å²) in [5, 5.41) is 1.77. The Bertz CT molecular complexity index is 1100. The first-order chi connectivity index (χ1) is 12.9. The third-order valence-corrected chi connectivity index (χ3v) is 5.52. The summed E-state index contributed by atoms with van der Waals surface area (Å²) >= 11 is 1.28. The molecule has 0 aliphatic rings. The van der Waals surface area contributed by atoms with Crippen LogP contribution in [0.2, 0.25) is 0 Å². The van der Waals surface area contributed by atoms with Crippen LogP contribution in [-0.4, -0.2) is 33.0 Å². The first-order valence-corrected chi connectivity index (χ1v) is 9.84. The number of hydrogen-bond donors (Lipinski definition) is 0. The highest BCUT2D eigenvalue weighted by atomic mass is 32.1. The Labute approximate surface area is 161 Å². The van der Waals surface area contributed by atoms with Gasteiger partial charge in [-0.25, -0.2) is 9.36 Å². The van der Waals surface area contributed by atoms with Gasteiger partial charge in [-0.2, -0.15) is 0 Å². The van der Waals surface area contributed by atoms with Crippen molar-refractivity contribution in [1.82, 2.24) is 14.0 Å². The standard InChI is InChI=1S/C20H23N3O3S/c1-5-21(6-2)17(24)12-22-16-7-8-27-18(16)19(25)23(20(22)26)15-10-13(3)9-14(4)11-15/h7-11H,5-6,12H2,1-4H3. The summed E-state index contributed by atoms with van der Waals surface area (Å²) in [6.07, 6.45) is 0. The Balaban J connectivity index is 2.26. The van der Waals surface area contributed by atoms with Crippen LogP contribution in [0.1, 0.15) is 25.0 Å². The lowest BCUT2D eigenvalue weighted by molar-refractivity contribution is -0.131. The fraction of sp³-hybridized carbons (Fsp3) is 0.350. The zero-order chi connectivity index (χ0) is 19.7. The summed E-state index contributed by atoms with van der Waals surface area (Å²) in [5.41, 5.74) is 2.14. The Morgan fingerprint density at radius 3 is 2.30 bits per heavy atom. The molecule has 0 atom stereocenters. The second-order valence-electron chi connectivity index (χ2n) is 6.56. The molecule has 1 aromatic carbocycles. The molecule has 0 aliphatic heterocycles. The van der Waals surface area contributed by atoms with Gasteiger partial charge in [-0.3, -0.25) is 14.2 Å². The predicted molar refractivity (Wildman–Crippen MR) is 109 cm³/mol. The topological polar surface area (TPSA) is 64.3 Å². The van der Waals surface area contributed by atoms with Crippen molar-refractivity contribution in [2.75, 3.05) is 13.1 Å². The molecule has 0 spiro atoms. The number of benzene rings is 1. The molecule has 3 aromatic rings. The van der Waals surface area contributed by atoms with E-state index in [1.807, 2.05) is 45.9 Å². The van der Waals surface area contributed by atoms with Crippen LogP contribution >= 0.6 is 11.3 Å². The van der Waals surface area contributed by atoms with E-state index in [0.29, 0.717) is 29.0 Å². The maximum absolute atomic E-state index is 13.2. The Morgan fingerprint density at radius 1 is 1.07 bits per heavy atom. The summed E-state index contributed by atoms with van der Waals surface area (Å²) in [5.74, 6) is -0.139. The number of likely N-dealkylation sites (N-methyl/N-ethyl adjacent to an activating group) is 1. The Hall–Kier alpha value is -2.67. The minimum absolute atomic E-state index is 0.0845. The lowest BCUT2D eigenvalue weighted by Crippen LogP contribution is -2.42. The van der Waals surface area contributed by atoms with Gasteiger partial charge in [0, 0.05) is 13.1 Å². The summed E-state index contributed by atoms with van der Waals surface area (Å²) in [4.78, 5) is 40.5. The predicted octanol–water partition coefficient (Wildman–Crippen LogP) is 2.70. The van der Waals surface area contributed by atoms with Crippen molar-refractivity contribution in [1.29, 1.82) is 0 Å². The van der Waals surface area contributed by atoms with Gasteiger partial charge in [-0.1, -0.05) is 6.07 Å². The highest BCUT2D eigenvalue weighted by Gasteiger charge is 2.19. The minimum Gasteiger partial charge on any atom is -0.342 e. The molecule has 142 valence electrons. The number of aryl methyl sites for hydroxylation is 2. The molecule has 0 N–H and O–H groups in total. The van der Waals surface area contributed by atoms with Crippen molar-refractivity contribution >= 4 is 27.5 Å². The molecule has 0 aliphatic carbocycles. The van der Waals surface area contributed by atoms with E-state index in [1.54, 1.807) is 16.3 Å². The molecule has 0 fully saturated rings. The molecule has 7 heteroatoms. The number of thiophene rings is 1. The second kappa shape index (κ2) is 7.52. The van der Waals surface area contributed by atoms with E-state index >= 15 is 0 Å². The molecule has 0 unspecified atom stereocenters. The number of nitrogens with zero attached hydrogens (tertiary/aromatic N) is 3. The summed E-state index contributed by atoms with van der Waals surface area (Å²) in [6.45, 7) is 8.73. The lowest BCUT2D eigenvalue weighted by atomic mass is 10.1. The highest BCUT2D eigenvalue weighted by molar-refractivity contribution is 7.17. The molecule has 0 radical (unpaired) electrons. The number of rotatable bonds is 5. The molecular weight excluding hydrogens is 362 g/mol. The van der Waals surface area contributed by atoms with E-state index < -0.39 is 5.69 Å². The molecular formula is C20H23N3O3S. The summed E-state index contributed by atoms with van der Waals surface area (Å²) in [6, 6.07) is 7.34. The van der Waals surface area contributed by atoms with Gasteiger partial charge in [0.1, 0.15) is 11.2 Å². The summed E-state index contributed by atoms with van der Waals surface area (Å²) < 4.78 is 3.06. The molecule has 1 amide bonds.